The zero-order valence-electron chi connectivity index (χ0n) is 10.8. The van der Waals surface area contributed by atoms with E-state index in [0.717, 1.165) is 10.0 Å². The van der Waals surface area contributed by atoms with Gasteiger partial charge in [-0.3, -0.25) is 4.72 Å². The molecule has 0 aliphatic heterocycles. The molecule has 2 aromatic rings. The van der Waals surface area contributed by atoms with Gasteiger partial charge < -0.3 is 9.52 Å². The molecule has 0 amide bonds. The highest BCUT2D eigenvalue weighted by atomic mass is 79.9. The summed E-state index contributed by atoms with van der Waals surface area (Å²) in [5.41, 5.74) is 0.859. The van der Waals surface area contributed by atoms with Gasteiger partial charge in [-0.15, -0.1) is 0 Å². The van der Waals surface area contributed by atoms with E-state index in [1.807, 2.05) is 6.92 Å². The van der Waals surface area contributed by atoms with Crippen LogP contribution in [-0.4, -0.2) is 18.5 Å². The van der Waals surface area contributed by atoms with Crippen LogP contribution in [0.3, 0.4) is 0 Å². The smallest absolute Gasteiger partial charge is 0.266 e. The first-order chi connectivity index (χ1) is 9.33. The van der Waals surface area contributed by atoms with Crippen molar-refractivity contribution in [1.29, 1.82) is 0 Å². The molecular weight excluding hydrogens is 348 g/mol. The number of pyridine rings is 1. The average Bonchev–Trinajstić information content (AvgIpc) is 2.76. The maximum atomic E-state index is 12.2. The fourth-order valence-corrected chi connectivity index (χ4v) is 3.08. The Labute approximate surface area is 125 Å². The number of aromatic nitrogens is 1. The Morgan fingerprint density at radius 3 is 2.65 bits per heavy atom. The van der Waals surface area contributed by atoms with Crippen molar-refractivity contribution in [1.82, 2.24) is 4.98 Å². The molecule has 8 heteroatoms. The van der Waals surface area contributed by atoms with Crippen molar-refractivity contribution in [2.75, 3.05) is 4.72 Å². The first-order valence-corrected chi connectivity index (χ1v) is 7.96. The van der Waals surface area contributed by atoms with E-state index in [-0.39, 0.29) is 28.8 Å². The predicted molar refractivity (Wildman–Crippen MR) is 76.9 cm³/mol. The summed E-state index contributed by atoms with van der Waals surface area (Å²) in [6.07, 6.45) is 1.52. The molecule has 0 aromatic carbocycles. The third kappa shape index (κ3) is 3.02. The van der Waals surface area contributed by atoms with Gasteiger partial charge in [0.1, 0.15) is 28.8 Å². The molecule has 0 spiro atoms. The Kier molecular flexibility index (Phi) is 4.17. The van der Waals surface area contributed by atoms with Crippen LogP contribution < -0.4 is 4.72 Å². The lowest BCUT2D eigenvalue weighted by Crippen LogP contribution is -2.14. The number of aliphatic hydroxyl groups is 1. The number of furan rings is 1. The van der Waals surface area contributed by atoms with Gasteiger partial charge in [0.15, 0.2) is 0 Å². The lowest BCUT2D eigenvalue weighted by molar-refractivity contribution is 0.245. The molecule has 0 aliphatic rings. The average molecular weight is 361 g/mol. The Balaban J connectivity index is 2.35. The zero-order valence-corrected chi connectivity index (χ0v) is 13.2. The molecule has 0 aliphatic carbocycles. The summed E-state index contributed by atoms with van der Waals surface area (Å²) < 4.78 is 32.8. The van der Waals surface area contributed by atoms with Gasteiger partial charge in [0.05, 0.1) is 0 Å². The molecule has 0 unspecified atom stereocenters. The van der Waals surface area contributed by atoms with Gasteiger partial charge in [-0.05, 0) is 41.4 Å². The number of rotatable bonds is 4. The number of anilines is 1. The summed E-state index contributed by atoms with van der Waals surface area (Å²) in [6, 6.07) is 2.91. The number of aliphatic hydroxyl groups excluding tert-OH is 1. The fraction of sp³-hybridized carbons (Fsp3) is 0.250. The Morgan fingerprint density at radius 1 is 1.40 bits per heavy atom. The largest absolute Gasteiger partial charge is 0.462 e. The van der Waals surface area contributed by atoms with Crippen LogP contribution in [0.5, 0.6) is 0 Å². The lowest BCUT2D eigenvalue weighted by atomic mass is 10.3. The van der Waals surface area contributed by atoms with Gasteiger partial charge in [0, 0.05) is 16.7 Å². The van der Waals surface area contributed by atoms with E-state index in [1.54, 1.807) is 6.07 Å². The highest BCUT2D eigenvalue weighted by molar-refractivity contribution is 9.10. The van der Waals surface area contributed by atoms with E-state index in [0.29, 0.717) is 0 Å². The number of hydrogen-bond acceptors (Lipinski definition) is 5. The van der Waals surface area contributed by atoms with Gasteiger partial charge >= 0.3 is 0 Å². The second kappa shape index (κ2) is 5.55. The molecule has 0 atom stereocenters. The summed E-state index contributed by atoms with van der Waals surface area (Å²) in [5.74, 6) is 0.634. The first kappa shape index (κ1) is 15.0. The van der Waals surface area contributed by atoms with Crippen LogP contribution in [0.15, 0.2) is 32.1 Å². The molecule has 108 valence electrons. The summed E-state index contributed by atoms with van der Waals surface area (Å²) in [5, 5.41) is 8.97. The second-order valence-electron chi connectivity index (χ2n) is 4.22. The highest BCUT2D eigenvalue weighted by Crippen LogP contribution is 2.24. The highest BCUT2D eigenvalue weighted by Gasteiger charge is 2.22. The molecule has 2 heterocycles. The van der Waals surface area contributed by atoms with Crippen LogP contribution in [0, 0.1) is 13.8 Å². The SMILES string of the molecule is Cc1cc(NS(=O)(=O)c2cc(CO)oc2C)ncc1Br. The molecule has 0 saturated heterocycles. The summed E-state index contributed by atoms with van der Waals surface area (Å²) in [7, 11) is -3.80. The fourth-order valence-electron chi connectivity index (χ4n) is 1.66. The van der Waals surface area contributed by atoms with Crippen LogP contribution in [0.2, 0.25) is 0 Å². The standard InChI is InChI=1S/C12H13BrN2O4S/c1-7-3-12(14-5-10(7)13)15-20(17,18)11-4-9(6-16)19-8(11)2/h3-5,16H,6H2,1-2H3,(H,14,15). The van der Waals surface area contributed by atoms with Crippen molar-refractivity contribution in [3.8, 4) is 0 Å². The number of nitrogens with one attached hydrogen (secondary N) is 1. The van der Waals surface area contributed by atoms with Crippen molar-refractivity contribution >= 4 is 31.8 Å². The van der Waals surface area contributed by atoms with E-state index in [2.05, 4.69) is 25.6 Å². The maximum absolute atomic E-state index is 12.2. The van der Waals surface area contributed by atoms with Gasteiger partial charge in [0.25, 0.3) is 10.0 Å². The number of hydrogen-bond donors (Lipinski definition) is 2. The molecule has 0 radical (unpaired) electrons. The first-order valence-electron chi connectivity index (χ1n) is 5.68. The van der Waals surface area contributed by atoms with Gasteiger partial charge in [-0.1, -0.05) is 0 Å². The van der Waals surface area contributed by atoms with Crippen LogP contribution in [0.25, 0.3) is 0 Å². The summed E-state index contributed by atoms with van der Waals surface area (Å²) in [6.45, 7) is 3.00. The molecule has 0 saturated carbocycles. The van der Waals surface area contributed by atoms with E-state index in [9.17, 15) is 8.42 Å². The molecule has 2 N–H and O–H groups in total. The number of halogens is 1. The Hall–Kier alpha value is -1.38. The van der Waals surface area contributed by atoms with Gasteiger partial charge in [0.2, 0.25) is 0 Å². The number of nitrogens with zero attached hydrogens (tertiary/aromatic N) is 1. The quantitative estimate of drug-likeness (QED) is 0.872. The number of sulfonamides is 1. The van der Waals surface area contributed by atoms with Crippen molar-refractivity contribution in [3.63, 3.8) is 0 Å². The van der Waals surface area contributed by atoms with Crippen LogP contribution in [0.4, 0.5) is 5.82 Å². The monoisotopic (exact) mass is 360 g/mol. The van der Waals surface area contributed by atoms with E-state index < -0.39 is 10.0 Å². The van der Waals surface area contributed by atoms with Crippen LogP contribution in [-0.2, 0) is 16.6 Å². The number of aryl methyl sites for hydroxylation is 2. The van der Waals surface area contributed by atoms with E-state index in [4.69, 9.17) is 9.52 Å². The Morgan fingerprint density at radius 2 is 2.10 bits per heavy atom. The zero-order chi connectivity index (χ0) is 14.9. The van der Waals surface area contributed by atoms with E-state index in [1.165, 1.54) is 19.2 Å². The van der Waals surface area contributed by atoms with Gasteiger partial charge in [-0.2, -0.15) is 0 Å². The minimum absolute atomic E-state index is 0.0103. The molecule has 0 fully saturated rings. The van der Waals surface area contributed by atoms with Crippen molar-refractivity contribution in [2.24, 2.45) is 0 Å². The van der Waals surface area contributed by atoms with Crippen LogP contribution >= 0.6 is 15.9 Å². The van der Waals surface area contributed by atoms with E-state index >= 15 is 0 Å². The third-order valence-corrected chi connectivity index (χ3v) is 4.95. The molecular formula is C12H13BrN2O4S. The van der Waals surface area contributed by atoms with Crippen molar-refractivity contribution in [3.05, 3.63) is 39.9 Å². The minimum Gasteiger partial charge on any atom is -0.462 e. The summed E-state index contributed by atoms with van der Waals surface area (Å²) in [4.78, 5) is 3.98. The van der Waals surface area contributed by atoms with Crippen LogP contribution in [0.1, 0.15) is 17.1 Å². The van der Waals surface area contributed by atoms with Crippen molar-refractivity contribution < 1.29 is 17.9 Å². The molecule has 20 heavy (non-hydrogen) atoms. The molecule has 2 rings (SSSR count). The molecule has 2 aromatic heterocycles. The minimum atomic E-state index is -3.80. The van der Waals surface area contributed by atoms with Crippen molar-refractivity contribution in [2.45, 2.75) is 25.3 Å². The summed E-state index contributed by atoms with van der Waals surface area (Å²) >= 11 is 3.30. The topological polar surface area (TPSA) is 92.4 Å². The molecule has 0 bridgehead atoms. The molecule has 6 nitrogen and oxygen atoms in total. The van der Waals surface area contributed by atoms with Gasteiger partial charge in [-0.25, -0.2) is 13.4 Å². The normalized spacial score (nSPS) is 11.6. The maximum Gasteiger partial charge on any atom is 0.266 e. The lowest BCUT2D eigenvalue weighted by Gasteiger charge is -2.07. The Bertz CT molecular complexity index is 740. The predicted octanol–water partition coefficient (Wildman–Crippen LogP) is 2.35. The third-order valence-electron chi connectivity index (χ3n) is 2.65. The second-order valence-corrected chi connectivity index (χ2v) is 6.72.